The minimum Gasteiger partial charge on any atom is -0.298 e. The van der Waals surface area contributed by atoms with Gasteiger partial charge in [0.1, 0.15) is 5.82 Å². The first-order valence-corrected chi connectivity index (χ1v) is 5.57. The van der Waals surface area contributed by atoms with Crippen molar-refractivity contribution in [1.29, 1.82) is 0 Å². The molecule has 2 rings (SSSR count). The summed E-state index contributed by atoms with van der Waals surface area (Å²) in [5.41, 5.74) is 1.79. The lowest BCUT2D eigenvalue weighted by Crippen LogP contribution is -1.88. The predicted molar refractivity (Wildman–Crippen MR) is 67.2 cm³/mol. The Morgan fingerprint density at radius 3 is 2.47 bits per heavy atom. The zero-order valence-corrected chi connectivity index (χ0v) is 10.1. The molecule has 0 saturated carbocycles. The highest BCUT2D eigenvalue weighted by Crippen LogP contribution is 2.28. The average Bonchev–Trinajstić information content (AvgIpc) is 2.32. The van der Waals surface area contributed by atoms with Crippen LogP contribution in [0.5, 0.6) is 0 Å². The van der Waals surface area contributed by atoms with Gasteiger partial charge in [-0.25, -0.2) is 4.39 Å². The van der Waals surface area contributed by atoms with E-state index in [0.717, 1.165) is 0 Å². The van der Waals surface area contributed by atoms with Crippen molar-refractivity contribution in [3.63, 3.8) is 0 Å². The predicted octanol–water partition coefficient (Wildman–Crippen LogP) is 4.61. The molecular weight excluding hydrogens is 262 g/mol. The van der Waals surface area contributed by atoms with Crippen LogP contribution in [-0.2, 0) is 0 Å². The molecular formula is C13H7Cl2FO. The van der Waals surface area contributed by atoms with E-state index < -0.39 is 5.82 Å². The summed E-state index contributed by atoms with van der Waals surface area (Å²) in [5.74, 6) is -0.489. The second kappa shape index (κ2) is 4.86. The summed E-state index contributed by atoms with van der Waals surface area (Å²) in [6, 6.07) is 9.24. The van der Waals surface area contributed by atoms with Gasteiger partial charge in [0.05, 0.1) is 5.02 Å². The number of hydrogen-bond acceptors (Lipinski definition) is 1. The van der Waals surface area contributed by atoms with E-state index in [2.05, 4.69) is 0 Å². The Labute approximate surface area is 108 Å². The van der Waals surface area contributed by atoms with Gasteiger partial charge in [-0.3, -0.25) is 4.79 Å². The molecule has 0 fully saturated rings. The third kappa shape index (κ3) is 2.48. The van der Waals surface area contributed by atoms with Crippen LogP contribution < -0.4 is 0 Å². The highest BCUT2D eigenvalue weighted by Gasteiger charge is 2.07. The van der Waals surface area contributed by atoms with Crippen molar-refractivity contribution in [2.24, 2.45) is 0 Å². The van der Waals surface area contributed by atoms with Gasteiger partial charge in [0.25, 0.3) is 0 Å². The maximum absolute atomic E-state index is 13.0. The molecule has 0 saturated heterocycles. The number of carbonyl (C=O) groups is 1. The standard InChI is InChI=1S/C13H7Cl2FO/c14-10-2-3-11(9(5-10)7-17)8-1-4-13(16)12(15)6-8/h1-7H. The van der Waals surface area contributed by atoms with Crippen molar-refractivity contribution in [3.05, 3.63) is 57.8 Å². The van der Waals surface area contributed by atoms with Gasteiger partial charge < -0.3 is 0 Å². The maximum Gasteiger partial charge on any atom is 0.150 e. The Bertz CT molecular complexity index is 582. The molecule has 0 aliphatic carbocycles. The zero-order valence-electron chi connectivity index (χ0n) is 8.58. The maximum atomic E-state index is 13.0. The molecule has 0 unspecified atom stereocenters. The number of hydrogen-bond donors (Lipinski definition) is 0. The van der Waals surface area contributed by atoms with Crippen LogP contribution in [0.15, 0.2) is 36.4 Å². The molecule has 0 radical (unpaired) electrons. The van der Waals surface area contributed by atoms with Crippen LogP contribution >= 0.6 is 23.2 Å². The quantitative estimate of drug-likeness (QED) is 0.727. The Kier molecular flexibility index (Phi) is 3.46. The van der Waals surface area contributed by atoms with E-state index in [1.54, 1.807) is 24.3 Å². The normalized spacial score (nSPS) is 10.3. The molecule has 2 aromatic carbocycles. The first kappa shape index (κ1) is 12.1. The molecule has 4 heteroatoms. The molecule has 1 nitrogen and oxygen atoms in total. The molecule has 0 aliphatic rings. The van der Waals surface area contributed by atoms with E-state index in [-0.39, 0.29) is 5.02 Å². The molecule has 0 aliphatic heterocycles. The van der Waals surface area contributed by atoms with Crippen molar-refractivity contribution in [1.82, 2.24) is 0 Å². The van der Waals surface area contributed by atoms with Crippen LogP contribution in [0, 0.1) is 5.82 Å². The molecule has 86 valence electrons. The number of rotatable bonds is 2. The summed E-state index contributed by atoms with van der Waals surface area (Å²) in [7, 11) is 0. The summed E-state index contributed by atoms with van der Waals surface area (Å²) in [5, 5.41) is 0.498. The fourth-order valence-electron chi connectivity index (χ4n) is 1.56. The van der Waals surface area contributed by atoms with E-state index in [9.17, 15) is 9.18 Å². The molecule has 17 heavy (non-hydrogen) atoms. The smallest absolute Gasteiger partial charge is 0.150 e. The molecule has 0 atom stereocenters. The fraction of sp³-hybridized carbons (Fsp3) is 0. The van der Waals surface area contributed by atoms with Crippen molar-refractivity contribution in [3.8, 4) is 11.1 Å². The molecule has 0 N–H and O–H groups in total. The highest BCUT2D eigenvalue weighted by molar-refractivity contribution is 6.31. The van der Waals surface area contributed by atoms with Crippen LogP contribution in [0.3, 0.4) is 0 Å². The number of carbonyl (C=O) groups excluding carboxylic acids is 1. The van der Waals surface area contributed by atoms with Gasteiger partial charge in [0, 0.05) is 10.6 Å². The molecule has 0 heterocycles. The molecule has 0 spiro atoms. The second-order valence-electron chi connectivity index (χ2n) is 3.48. The van der Waals surface area contributed by atoms with Crippen molar-refractivity contribution in [2.45, 2.75) is 0 Å². The Morgan fingerprint density at radius 1 is 1.06 bits per heavy atom. The summed E-state index contributed by atoms with van der Waals surface area (Å²) in [6.07, 6.45) is 0.707. The van der Waals surface area contributed by atoms with Crippen LogP contribution in [0.4, 0.5) is 4.39 Å². The lowest BCUT2D eigenvalue weighted by Gasteiger charge is -2.06. The van der Waals surface area contributed by atoms with Crippen LogP contribution in [0.25, 0.3) is 11.1 Å². The van der Waals surface area contributed by atoms with E-state index in [0.29, 0.717) is 28.0 Å². The van der Waals surface area contributed by atoms with Crippen molar-refractivity contribution < 1.29 is 9.18 Å². The van der Waals surface area contributed by atoms with Gasteiger partial charge in [-0.15, -0.1) is 0 Å². The molecule has 0 aromatic heterocycles. The minimum atomic E-state index is -0.489. The fourth-order valence-corrected chi connectivity index (χ4v) is 1.92. The third-order valence-electron chi connectivity index (χ3n) is 2.37. The highest BCUT2D eigenvalue weighted by atomic mass is 35.5. The Hall–Kier alpha value is -1.38. The molecule has 0 bridgehead atoms. The number of aldehydes is 1. The van der Waals surface area contributed by atoms with E-state index in [4.69, 9.17) is 23.2 Å². The minimum absolute atomic E-state index is 0.0225. The van der Waals surface area contributed by atoms with Crippen molar-refractivity contribution >= 4 is 29.5 Å². The van der Waals surface area contributed by atoms with Gasteiger partial charge in [-0.2, -0.15) is 0 Å². The zero-order chi connectivity index (χ0) is 12.4. The van der Waals surface area contributed by atoms with Crippen LogP contribution in [0.1, 0.15) is 10.4 Å². The molecule has 2 aromatic rings. The van der Waals surface area contributed by atoms with Gasteiger partial charge >= 0.3 is 0 Å². The van der Waals surface area contributed by atoms with E-state index in [1.807, 2.05) is 0 Å². The van der Waals surface area contributed by atoms with Crippen LogP contribution in [0.2, 0.25) is 10.0 Å². The topological polar surface area (TPSA) is 17.1 Å². The second-order valence-corrected chi connectivity index (χ2v) is 4.32. The monoisotopic (exact) mass is 268 g/mol. The third-order valence-corrected chi connectivity index (χ3v) is 2.90. The summed E-state index contributed by atoms with van der Waals surface area (Å²) < 4.78 is 13.0. The number of halogens is 3. The van der Waals surface area contributed by atoms with E-state index in [1.165, 1.54) is 12.1 Å². The van der Waals surface area contributed by atoms with Crippen LogP contribution in [-0.4, -0.2) is 6.29 Å². The first-order chi connectivity index (χ1) is 8.11. The lowest BCUT2D eigenvalue weighted by molar-refractivity contribution is 0.112. The first-order valence-electron chi connectivity index (χ1n) is 4.82. The lowest BCUT2D eigenvalue weighted by atomic mass is 10.0. The summed E-state index contributed by atoms with van der Waals surface area (Å²) >= 11 is 11.5. The van der Waals surface area contributed by atoms with Gasteiger partial charge in [-0.05, 0) is 35.4 Å². The Balaban J connectivity index is 2.59. The summed E-state index contributed by atoms with van der Waals surface area (Å²) in [6.45, 7) is 0. The van der Waals surface area contributed by atoms with Gasteiger partial charge in [0.2, 0.25) is 0 Å². The average molecular weight is 269 g/mol. The molecule has 0 amide bonds. The largest absolute Gasteiger partial charge is 0.298 e. The van der Waals surface area contributed by atoms with Gasteiger partial charge in [-0.1, -0.05) is 35.3 Å². The van der Waals surface area contributed by atoms with Crippen molar-refractivity contribution in [2.75, 3.05) is 0 Å². The van der Waals surface area contributed by atoms with E-state index >= 15 is 0 Å². The Morgan fingerprint density at radius 2 is 1.82 bits per heavy atom. The SMILES string of the molecule is O=Cc1cc(Cl)ccc1-c1ccc(F)c(Cl)c1. The van der Waals surface area contributed by atoms with Gasteiger partial charge in [0.15, 0.2) is 6.29 Å². The summed E-state index contributed by atoms with van der Waals surface area (Å²) in [4.78, 5) is 10.9. The number of benzene rings is 2.